The molecule has 13 heteroatoms. The first-order valence-corrected chi connectivity index (χ1v) is 13.8. The summed E-state index contributed by atoms with van der Waals surface area (Å²) < 4.78 is 35.5. The molecule has 208 valence electrons. The first kappa shape index (κ1) is 28.2. The van der Waals surface area contributed by atoms with Crippen LogP contribution in [-0.2, 0) is 17.1 Å². The van der Waals surface area contributed by atoms with Crippen LogP contribution in [0.25, 0.3) is 0 Å². The Hall–Kier alpha value is -3.81. The number of amides is 2. The lowest BCUT2D eigenvalue weighted by atomic mass is 9.99. The SMILES string of the molecule is C[C@H](CO)N1C[C@H](C)[C@H](CN(C)S(=O)(=O)c2cn(C)cn2)Oc2c(NC(=O)c3ccncc3)cccc2C1=O. The van der Waals surface area contributed by atoms with Gasteiger partial charge in [0.25, 0.3) is 21.8 Å². The van der Waals surface area contributed by atoms with Crippen molar-refractivity contribution in [1.29, 1.82) is 0 Å². The Morgan fingerprint density at radius 3 is 2.64 bits per heavy atom. The smallest absolute Gasteiger partial charge is 0.261 e. The third-order valence-electron chi connectivity index (χ3n) is 6.67. The first-order valence-electron chi connectivity index (χ1n) is 12.4. The van der Waals surface area contributed by atoms with E-state index in [2.05, 4.69) is 15.3 Å². The fourth-order valence-corrected chi connectivity index (χ4v) is 5.43. The minimum absolute atomic E-state index is 0.0539. The number of ether oxygens (including phenoxy) is 1. The van der Waals surface area contributed by atoms with Crippen LogP contribution in [0.1, 0.15) is 34.6 Å². The summed E-state index contributed by atoms with van der Waals surface area (Å²) in [5, 5.41) is 12.6. The number of nitrogens with one attached hydrogen (secondary N) is 1. The lowest BCUT2D eigenvalue weighted by Crippen LogP contribution is -2.50. The number of sulfonamides is 1. The molecule has 0 spiro atoms. The molecule has 39 heavy (non-hydrogen) atoms. The molecule has 2 N–H and O–H groups in total. The van der Waals surface area contributed by atoms with Gasteiger partial charge in [0.2, 0.25) is 0 Å². The van der Waals surface area contributed by atoms with Crippen LogP contribution in [0, 0.1) is 5.92 Å². The fourth-order valence-electron chi connectivity index (χ4n) is 4.29. The number of anilines is 1. The van der Waals surface area contributed by atoms with Crippen molar-refractivity contribution in [1.82, 2.24) is 23.7 Å². The number of fused-ring (bicyclic) bond motifs is 1. The van der Waals surface area contributed by atoms with Crippen LogP contribution < -0.4 is 10.1 Å². The van der Waals surface area contributed by atoms with E-state index in [-0.39, 0.29) is 53.5 Å². The molecule has 12 nitrogen and oxygen atoms in total. The molecule has 1 aliphatic heterocycles. The van der Waals surface area contributed by atoms with E-state index >= 15 is 0 Å². The van der Waals surface area contributed by atoms with Gasteiger partial charge in [0.1, 0.15) is 6.10 Å². The van der Waals surface area contributed by atoms with Crippen molar-refractivity contribution >= 4 is 27.5 Å². The van der Waals surface area contributed by atoms with Gasteiger partial charge < -0.3 is 24.6 Å². The van der Waals surface area contributed by atoms with E-state index in [1.165, 1.54) is 32.0 Å². The van der Waals surface area contributed by atoms with E-state index in [0.29, 0.717) is 5.56 Å². The molecule has 1 aromatic carbocycles. The number of para-hydroxylation sites is 1. The monoisotopic (exact) mass is 556 g/mol. The molecular weight excluding hydrogens is 524 g/mol. The highest BCUT2D eigenvalue weighted by atomic mass is 32.2. The number of aromatic nitrogens is 3. The number of pyridine rings is 1. The van der Waals surface area contributed by atoms with Gasteiger partial charge in [-0.25, -0.2) is 13.4 Å². The minimum Gasteiger partial charge on any atom is -0.486 e. The van der Waals surface area contributed by atoms with E-state index in [1.54, 1.807) is 53.8 Å². The van der Waals surface area contributed by atoms with Crippen molar-refractivity contribution in [2.24, 2.45) is 13.0 Å². The number of carbonyl (C=O) groups excluding carboxylic acids is 2. The van der Waals surface area contributed by atoms with Gasteiger partial charge in [-0.3, -0.25) is 14.6 Å². The number of aryl methyl sites for hydroxylation is 1. The summed E-state index contributed by atoms with van der Waals surface area (Å²) in [4.78, 5) is 36.0. The second kappa shape index (κ2) is 11.5. The molecule has 0 fully saturated rings. The molecule has 0 saturated heterocycles. The van der Waals surface area contributed by atoms with E-state index in [9.17, 15) is 23.1 Å². The second-order valence-corrected chi connectivity index (χ2v) is 11.6. The molecule has 4 rings (SSSR count). The van der Waals surface area contributed by atoms with Crippen LogP contribution >= 0.6 is 0 Å². The zero-order valence-electron chi connectivity index (χ0n) is 22.2. The predicted molar refractivity (Wildman–Crippen MR) is 143 cm³/mol. The number of hydrogen-bond donors (Lipinski definition) is 2. The van der Waals surface area contributed by atoms with Crippen molar-refractivity contribution in [3.05, 3.63) is 66.4 Å². The topological polar surface area (TPSA) is 147 Å². The number of hydrogen-bond acceptors (Lipinski definition) is 8. The Bertz CT molecular complexity index is 1440. The zero-order valence-corrected chi connectivity index (χ0v) is 23.0. The van der Waals surface area contributed by atoms with E-state index in [4.69, 9.17) is 4.74 Å². The third-order valence-corrected chi connectivity index (χ3v) is 8.38. The van der Waals surface area contributed by atoms with Gasteiger partial charge in [0, 0.05) is 50.7 Å². The number of likely N-dealkylation sites (N-methyl/N-ethyl adjacent to an activating group) is 1. The summed E-state index contributed by atoms with van der Waals surface area (Å²) >= 11 is 0. The number of imidazole rings is 1. The number of nitrogens with zero attached hydrogens (tertiary/aromatic N) is 5. The maximum Gasteiger partial charge on any atom is 0.261 e. The maximum absolute atomic E-state index is 13.6. The van der Waals surface area contributed by atoms with Crippen molar-refractivity contribution in [3.63, 3.8) is 0 Å². The number of rotatable bonds is 8. The van der Waals surface area contributed by atoms with Crippen LogP contribution in [-0.4, -0.2) is 88.0 Å². The molecule has 3 aromatic rings. The predicted octanol–water partition coefficient (Wildman–Crippen LogP) is 1.61. The number of aliphatic hydroxyl groups excluding tert-OH is 1. The molecule has 0 radical (unpaired) electrons. The number of aliphatic hydroxyl groups is 1. The van der Waals surface area contributed by atoms with E-state index in [0.717, 1.165) is 4.31 Å². The van der Waals surface area contributed by atoms with E-state index in [1.807, 2.05) is 6.92 Å². The Kier molecular flexibility index (Phi) is 8.33. The molecule has 0 aliphatic carbocycles. The van der Waals surface area contributed by atoms with Crippen LogP contribution in [0.4, 0.5) is 5.69 Å². The van der Waals surface area contributed by atoms with Crippen LogP contribution in [0.3, 0.4) is 0 Å². The van der Waals surface area contributed by atoms with Gasteiger partial charge in [-0.1, -0.05) is 13.0 Å². The highest BCUT2D eigenvalue weighted by molar-refractivity contribution is 7.89. The largest absolute Gasteiger partial charge is 0.486 e. The fraction of sp³-hybridized carbons (Fsp3) is 0.385. The molecule has 3 heterocycles. The van der Waals surface area contributed by atoms with Crippen molar-refractivity contribution < 1.29 is 27.9 Å². The first-order chi connectivity index (χ1) is 18.5. The van der Waals surface area contributed by atoms with Gasteiger partial charge in [-0.05, 0) is 31.2 Å². The quantitative estimate of drug-likeness (QED) is 0.425. The number of benzene rings is 1. The lowest BCUT2D eigenvalue weighted by Gasteiger charge is -2.38. The molecule has 2 amide bonds. The summed E-state index contributed by atoms with van der Waals surface area (Å²) in [5.41, 5.74) is 0.810. The molecule has 1 aliphatic rings. The van der Waals surface area contributed by atoms with Crippen LogP contribution in [0.2, 0.25) is 0 Å². The molecular formula is C26H32N6O6S. The van der Waals surface area contributed by atoms with Crippen LogP contribution in [0.5, 0.6) is 5.75 Å². The van der Waals surface area contributed by atoms with Gasteiger partial charge in [-0.2, -0.15) is 4.31 Å². The average Bonchev–Trinajstić information content (AvgIpc) is 3.38. The second-order valence-electron chi connectivity index (χ2n) is 9.66. The summed E-state index contributed by atoms with van der Waals surface area (Å²) in [6.07, 6.45) is 5.10. The van der Waals surface area contributed by atoms with Gasteiger partial charge in [-0.15, -0.1) is 0 Å². The van der Waals surface area contributed by atoms with Crippen molar-refractivity contribution in [2.45, 2.75) is 31.0 Å². The average molecular weight is 557 g/mol. The van der Waals surface area contributed by atoms with Gasteiger partial charge in [0.05, 0.1) is 36.8 Å². The molecule has 2 aromatic heterocycles. The summed E-state index contributed by atoms with van der Waals surface area (Å²) in [7, 11) is -0.805. The third kappa shape index (κ3) is 5.95. The Morgan fingerprint density at radius 2 is 2.00 bits per heavy atom. The molecule has 3 atom stereocenters. The van der Waals surface area contributed by atoms with E-state index < -0.39 is 28.1 Å². The lowest BCUT2D eigenvalue weighted by molar-refractivity contribution is 0.0388. The number of carbonyl (C=O) groups is 2. The Labute approximate surface area is 227 Å². The maximum atomic E-state index is 13.6. The normalized spacial score (nSPS) is 18.6. The highest BCUT2D eigenvalue weighted by Crippen LogP contribution is 2.35. The minimum atomic E-state index is -3.92. The van der Waals surface area contributed by atoms with Crippen LogP contribution in [0.15, 0.2) is 60.3 Å². The van der Waals surface area contributed by atoms with Crippen molar-refractivity contribution in [3.8, 4) is 5.75 Å². The molecule has 0 bridgehead atoms. The zero-order chi connectivity index (χ0) is 28.3. The van der Waals surface area contributed by atoms with Gasteiger partial charge in [0.15, 0.2) is 10.8 Å². The highest BCUT2D eigenvalue weighted by Gasteiger charge is 2.36. The van der Waals surface area contributed by atoms with Crippen molar-refractivity contribution in [2.75, 3.05) is 32.1 Å². The summed E-state index contributed by atoms with van der Waals surface area (Å²) in [5.74, 6) is -1.02. The molecule has 0 unspecified atom stereocenters. The summed E-state index contributed by atoms with van der Waals surface area (Å²) in [6.45, 7) is 3.48. The standard InChI is InChI=1S/C26H32N6O6S/c1-17-12-32(18(2)15-33)26(35)20-6-5-7-21(29-25(34)19-8-10-27-11-9-19)24(20)38-22(17)13-31(4)39(36,37)23-14-30(3)16-28-23/h5-11,14,16-18,22,33H,12-13,15H2,1-4H3,(H,29,34)/t17-,18+,22-/m0/s1. The Morgan fingerprint density at radius 1 is 1.28 bits per heavy atom. The Balaban J connectivity index is 1.73. The van der Waals surface area contributed by atoms with Gasteiger partial charge >= 0.3 is 0 Å². The molecule has 0 saturated carbocycles. The summed E-state index contributed by atoms with van der Waals surface area (Å²) in [6, 6.07) is 7.43.